The molecule has 12 heteroatoms. The van der Waals surface area contributed by atoms with Crippen LogP contribution in [0, 0.1) is 0 Å². The Kier molecular flexibility index (Phi) is 10.3. The highest BCUT2D eigenvalue weighted by Crippen LogP contribution is 2.34. The first-order chi connectivity index (χ1) is 16.1. The van der Waals surface area contributed by atoms with E-state index in [2.05, 4.69) is 14.2 Å². The van der Waals surface area contributed by atoms with Gasteiger partial charge in [-0.3, -0.25) is 0 Å². The average Bonchev–Trinajstić information content (AvgIpc) is 2.80. The van der Waals surface area contributed by atoms with E-state index in [0.717, 1.165) is 7.11 Å². The minimum atomic E-state index is -5.05. The van der Waals surface area contributed by atoms with Crippen LogP contribution in [0.2, 0.25) is 0 Å². The summed E-state index contributed by atoms with van der Waals surface area (Å²) >= 11 is 0. The molecule has 0 saturated heterocycles. The number of alkyl halides is 6. The van der Waals surface area contributed by atoms with Crippen molar-refractivity contribution >= 4 is 11.9 Å². The number of esters is 2. The molecule has 35 heavy (non-hydrogen) atoms. The van der Waals surface area contributed by atoms with Gasteiger partial charge in [0, 0.05) is 7.11 Å². The van der Waals surface area contributed by atoms with Crippen molar-refractivity contribution in [2.45, 2.75) is 50.6 Å². The molecule has 2 atom stereocenters. The number of methoxy groups -OCH3 is 1. The van der Waals surface area contributed by atoms with Crippen molar-refractivity contribution in [2.24, 2.45) is 0 Å². The molecular formula is C23H24F6O6. The molecule has 0 fully saturated rings. The van der Waals surface area contributed by atoms with Crippen molar-refractivity contribution in [3.63, 3.8) is 0 Å². The molecule has 0 aliphatic carbocycles. The van der Waals surface area contributed by atoms with Crippen molar-refractivity contribution in [1.29, 1.82) is 0 Å². The van der Waals surface area contributed by atoms with Gasteiger partial charge in [-0.25, -0.2) is 9.59 Å². The highest BCUT2D eigenvalue weighted by Gasteiger charge is 2.59. The van der Waals surface area contributed by atoms with Crippen molar-refractivity contribution in [3.8, 4) is 0 Å². The number of carbonyl (C=O) groups is 2. The number of carbonyl (C=O) groups excluding carboxylic acids is 2. The molecule has 2 aromatic rings. The third kappa shape index (κ3) is 8.25. The van der Waals surface area contributed by atoms with E-state index in [-0.39, 0.29) is 13.2 Å². The Labute approximate surface area is 197 Å². The minimum Gasteiger partial charge on any atom is -0.458 e. The zero-order valence-electron chi connectivity index (χ0n) is 18.9. The predicted molar refractivity (Wildman–Crippen MR) is 111 cm³/mol. The SMILES string of the molecule is CO[C@](C)(C(=O)OCc1ccccc1)C(F)(F)F.C[C@@](O)(C(=O)OCc1ccccc1)C(F)(F)F. The minimum absolute atomic E-state index is 0.227. The third-order valence-electron chi connectivity index (χ3n) is 4.71. The lowest BCUT2D eigenvalue weighted by molar-refractivity contribution is -0.265. The summed E-state index contributed by atoms with van der Waals surface area (Å²) < 4.78 is 88.0. The van der Waals surface area contributed by atoms with Crippen molar-refractivity contribution in [2.75, 3.05) is 7.11 Å². The molecule has 0 spiro atoms. The summed E-state index contributed by atoms with van der Waals surface area (Å²) in [5, 5.41) is 9.00. The van der Waals surface area contributed by atoms with E-state index < -0.39 is 35.5 Å². The Bertz CT molecular complexity index is 944. The van der Waals surface area contributed by atoms with Gasteiger partial charge in [0.25, 0.3) is 11.2 Å². The maximum Gasteiger partial charge on any atom is 0.428 e. The zero-order chi connectivity index (χ0) is 26.9. The van der Waals surface area contributed by atoms with Gasteiger partial charge in [0.1, 0.15) is 13.2 Å². The lowest BCUT2D eigenvalue weighted by Crippen LogP contribution is -2.51. The molecule has 0 aromatic heterocycles. The van der Waals surface area contributed by atoms with Gasteiger partial charge in [-0.15, -0.1) is 0 Å². The molecule has 2 rings (SSSR count). The smallest absolute Gasteiger partial charge is 0.428 e. The van der Waals surface area contributed by atoms with E-state index in [0.29, 0.717) is 25.0 Å². The molecule has 0 unspecified atom stereocenters. The van der Waals surface area contributed by atoms with Crippen LogP contribution in [-0.4, -0.2) is 47.7 Å². The number of ether oxygens (including phenoxy) is 3. The molecular weight excluding hydrogens is 486 g/mol. The van der Waals surface area contributed by atoms with Crippen LogP contribution in [0.5, 0.6) is 0 Å². The van der Waals surface area contributed by atoms with Gasteiger partial charge in [-0.05, 0) is 25.0 Å². The van der Waals surface area contributed by atoms with Gasteiger partial charge in [-0.2, -0.15) is 26.3 Å². The Morgan fingerprint density at radius 3 is 1.40 bits per heavy atom. The monoisotopic (exact) mass is 510 g/mol. The van der Waals surface area contributed by atoms with Crippen molar-refractivity contribution < 1.29 is 55.2 Å². The molecule has 0 amide bonds. The summed E-state index contributed by atoms with van der Waals surface area (Å²) in [5.41, 5.74) is -5.28. The molecule has 0 heterocycles. The first kappa shape index (κ1) is 29.9. The number of aliphatic hydroxyl groups is 1. The predicted octanol–water partition coefficient (Wildman–Crippen LogP) is 4.74. The zero-order valence-corrected chi connectivity index (χ0v) is 18.9. The number of halogens is 6. The summed E-state index contributed by atoms with van der Waals surface area (Å²) in [7, 11) is 0.817. The second-order valence-corrected chi connectivity index (χ2v) is 7.43. The topological polar surface area (TPSA) is 82.1 Å². The van der Waals surface area contributed by atoms with Crippen LogP contribution in [0.1, 0.15) is 25.0 Å². The van der Waals surface area contributed by atoms with E-state index in [9.17, 15) is 35.9 Å². The Morgan fingerprint density at radius 2 is 1.09 bits per heavy atom. The first-order valence-corrected chi connectivity index (χ1v) is 9.89. The summed E-state index contributed by atoms with van der Waals surface area (Å²) in [6, 6.07) is 16.7. The normalized spacial score (nSPS) is 15.0. The average molecular weight is 510 g/mol. The van der Waals surface area contributed by atoms with Gasteiger partial charge >= 0.3 is 24.3 Å². The van der Waals surface area contributed by atoms with Crippen molar-refractivity contribution in [1.82, 2.24) is 0 Å². The standard InChI is InChI=1S/C12H13F3O3.C11H11F3O3/c1-11(17-2,12(13,14)15)10(16)18-8-9-6-4-3-5-7-9;1-10(16,11(12,13)14)9(15)17-7-8-5-3-2-4-6-8/h3-7H,8H2,1-2H3;2-6,16H,7H2,1H3/t11-;10-/m11/s1. The van der Waals surface area contributed by atoms with Gasteiger partial charge in [0.15, 0.2) is 0 Å². The number of hydrogen-bond donors (Lipinski definition) is 1. The molecule has 0 aliphatic heterocycles. The molecule has 2 aromatic carbocycles. The second-order valence-electron chi connectivity index (χ2n) is 7.43. The van der Waals surface area contributed by atoms with Crippen molar-refractivity contribution in [3.05, 3.63) is 71.8 Å². The molecule has 0 bridgehead atoms. The van der Waals surface area contributed by atoms with Crippen LogP contribution in [-0.2, 0) is 37.0 Å². The summed E-state index contributed by atoms with van der Waals surface area (Å²) in [6.07, 6.45) is -9.88. The molecule has 0 saturated carbocycles. The summed E-state index contributed by atoms with van der Waals surface area (Å²) in [6.45, 7) is 0.460. The number of rotatable bonds is 7. The molecule has 1 N–H and O–H groups in total. The largest absolute Gasteiger partial charge is 0.458 e. The van der Waals surface area contributed by atoms with E-state index in [1.165, 1.54) is 0 Å². The lowest BCUT2D eigenvalue weighted by atomic mass is 10.1. The fourth-order valence-corrected chi connectivity index (χ4v) is 2.15. The number of benzene rings is 2. The van der Waals surface area contributed by atoms with Crippen LogP contribution in [0.15, 0.2) is 60.7 Å². The van der Waals surface area contributed by atoms with E-state index >= 15 is 0 Å². The quantitative estimate of drug-likeness (QED) is 0.428. The maximum atomic E-state index is 12.7. The van der Waals surface area contributed by atoms with Crippen LogP contribution >= 0.6 is 0 Å². The fourth-order valence-electron chi connectivity index (χ4n) is 2.15. The van der Waals surface area contributed by atoms with E-state index in [1.54, 1.807) is 60.7 Å². The highest BCUT2D eigenvalue weighted by molar-refractivity contribution is 5.80. The Morgan fingerprint density at radius 1 is 0.714 bits per heavy atom. The first-order valence-electron chi connectivity index (χ1n) is 9.89. The van der Waals surface area contributed by atoms with Gasteiger partial charge in [0.2, 0.25) is 0 Å². The van der Waals surface area contributed by atoms with Crippen LogP contribution in [0.4, 0.5) is 26.3 Å². The molecule has 194 valence electrons. The van der Waals surface area contributed by atoms with Crippen LogP contribution < -0.4 is 0 Å². The molecule has 0 aliphatic rings. The van der Waals surface area contributed by atoms with Gasteiger partial charge in [-0.1, -0.05) is 60.7 Å². The van der Waals surface area contributed by atoms with Crippen LogP contribution in [0.3, 0.4) is 0 Å². The second kappa shape index (κ2) is 12.0. The van der Waals surface area contributed by atoms with Crippen LogP contribution in [0.25, 0.3) is 0 Å². The van der Waals surface area contributed by atoms with Gasteiger partial charge < -0.3 is 19.3 Å². The van der Waals surface area contributed by atoms with E-state index in [1.807, 2.05) is 0 Å². The molecule has 6 nitrogen and oxygen atoms in total. The third-order valence-corrected chi connectivity index (χ3v) is 4.71. The summed E-state index contributed by atoms with van der Waals surface area (Å²) in [4.78, 5) is 22.5. The summed E-state index contributed by atoms with van der Waals surface area (Å²) in [5.74, 6) is -3.17. The lowest BCUT2D eigenvalue weighted by Gasteiger charge is -2.27. The number of hydrogen-bond acceptors (Lipinski definition) is 6. The highest BCUT2D eigenvalue weighted by atomic mass is 19.4. The molecule has 0 radical (unpaired) electrons. The Hall–Kier alpha value is -3.12. The van der Waals surface area contributed by atoms with E-state index in [4.69, 9.17) is 5.11 Å². The maximum absolute atomic E-state index is 12.7. The van der Waals surface area contributed by atoms with Gasteiger partial charge in [0.05, 0.1) is 0 Å². The Balaban J connectivity index is 0.000000351. The fraction of sp³-hybridized carbons (Fsp3) is 0.391.